The number of ether oxygens (including phenoxy) is 3. The zero-order valence-electron chi connectivity index (χ0n) is 13.6. The molecule has 0 aliphatic rings. The lowest BCUT2D eigenvalue weighted by Crippen LogP contribution is -2.12. The van der Waals surface area contributed by atoms with Crippen LogP contribution in [0.2, 0.25) is 0 Å². The summed E-state index contributed by atoms with van der Waals surface area (Å²) in [5.74, 6) is 0.410. The van der Waals surface area contributed by atoms with E-state index in [4.69, 9.17) is 14.2 Å². The molecule has 0 atom stereocenters. The second-order valence-corrected chi connectivity index (χ2v) is 5.05. The predicted octanol–water partition coefficient (Wildman–Crippen LogP) is 3.63. The third kappa shape index (κ3) is 5.76. The first-order chi connectivity index (χ1) is 11.7. The SMILES string of the molecule is CCCC(=O)Oc1ccc(C(=O)OCCOc2ccccc2)cc1. The standard InChI is InChI=1S/C19H20O5/c1-2-6-18(20)24-17-11-9-15(10-12-17)19(21)23-14-13-22-16-7-4-3-5-8-16/h3-5,7-12H,2,6,13-14H2,1H3. The molecule has 2 aromatic rings. The molecule has 126 valence electrons. The Morgan fingerprint density at radius 3 is 2.25 bits per heavy atom. The van der Waals surface area contributed by atoms with E-state index >= 15 is 0 Å². The summed E-state index contributed by atoms with van der Waals surface area (Å²) in [7, 11) is 0. The summed E-state index contributed by atoms with van der Waals surface area (Å²) >= 11 is 0. The minimum Gasteiger partial charge on any atom is -0.490 e. The summed E-state index contributed by atoms with van der Waals surface area (Å²) in [5.41, 5.74) is 0.394. The molecule has 0 bridgehead atoms. The van der Waals surface area contributed by atoms with Crippen LogP contribution in [0.3, 0.4) is 0 Å². The molecular weight excluding hydrogens is 308 g/mol. The van der Waals surface area contributed by atoms with Crippen LogP contribution in [-0.2, 0) is 9.53 Å². The number of benzene rings is 2. The fourth-order valence-corrected chi connectivity index (χ4v) is 1.94. The highest BCUT2D eigenvalue weighted by Gasteiger charge is 2.09. The topological polar surface area (TPSA) is 61.8 Å². The number of carbonyl (C=O) groups excluding carboxylic acids is 2. The molecule has 0 aliphatic heterocycles. The Kier molecular flexibility index (Phi) is 6.83. The molecule has 0 heterocycles. The zero-order chi connectivity index (χ0) is 17.2. The van der Waals surface area contributed by atoms with Crippen LogP contribution in [0, 0.1) is 0 Å². The first kappa shape index (κ1) is 17.5. The van der Waals surface area contributed by atoms with Crippen molar-refractivity contribution in [2.45, 2.75) is 19.8 Å². The van der Waals surface area contributed by atoms with E-state index in [0.29, 0.717) is 17.7 Å². The number of hydrogen-bond acceptors (Lipinski definition) is 5. The van der Waals surface area contributed by atoms with Crippen LogP contribution < -0.4 is 9.47 Å². The van der Waals surface area contributed by atoms with Gasteiger partial charge >= 0.3 is 11.9 Å². The average molecular weight is 328 g/mol. The maximum Gasteiger partial charge on any atom is 0.338 e. The molecule has 0 aliphatic carbocycles. The van der Waals surface area contributed by atoms with Gasteiger partial charge in [-0.1, -0.05) is 25.1 Å². The van der Waals surface area contributed by atoms with Crippen molar-refractivity contribution >= 4 is 11.9 Å². The Balaban J connectivity index is 1.75. The van der Waals surface area contributed by atoms with Crippen molar-refractivity contribution in [3.8, 4) is 11.5 Å². The number of hydrogen-bond donors (Lipinski definition) is 0. The van der Waals surface area contributed by atoms with Crippen LogP contribution >= 0.6 is 0 Å². The van der Waals surface area contributed by atoms with Crippen molar-refractivity contribution in [2.24, 2.45) is 0 Å². The van der Waals surface area contributed by atoms with E-state index in [0.717, 1.165) is 12.2 Å². The fourth-order valence-electron chi connectivity index (χ4n) is 1.94. The van der Waals surface area contributed by atoms with Gasteiger partial charge < -0.3 is 14.2 Å². The molecule has 0 radical (unpaired) electrons. The van der Waals surface area contributed by atoms with E-state index in [9.17, 15) is 9.59 Å². The Bertz CT molecular complexity index is 649. The number of carbonyl (C=O) groups is 2. The van der Waals surface area contributed by atoms with Crippen LogP contribution in [0.15, 0.2) is 54.6 Å². The second-order valence-electron chi connectivity index (χ2n) is 5.05. The molecule has 2 rings (SSSR count). The van der Waals surface area contributed by atoms with Crippen LogP contribution in [0.1, 0.15) is 30.1 Å². The van der Waals surface area contributed by atoms with Gasteiger partial charge in [0.2, 0.25) is 0 Å². The maximum absolute atomic E-state index is 11.9. The van der Waals surface area contributed by atoms with Crippen LogP contribution in [-0.4, -0.2) is 25.2 Å². The van der Waals surface area contributed by atoms with E-state index in [1.54, 1.807) is 24.3 Å². The third-order valence-electron chi connectivity index (χ3n) is 3.10. The third-order valence-corrected chi connectivity index (χ3v) is 3.10. The van der Waals surface area contributed by atoms with Gasteiger partial charge in [0.1, 0.15) is 24.7 Å². The molecule has 5 nitrogen and oxygen atoms in total. The highest BCUT2D eigenvalue weighted by atomic mass is 16.6. The lowest BCUT2D eigenvalue weighted by Gasteiger charge is -2.08. The largest absolute Gasteiger partial charge is 0.490 e. The molecule has 5 heteroatoms. The first-order valence-electron chi connectivity index (χ1n) is 7.84. The van der Waals surface area contributed by atoms with E-state index in [-0.39, 0.29) is 19.2 Å². The minimum absolute atomic E-state index is 0.154. The van der Waals surface area contributed by atoms with Crippen molar-refractivity contribution in [3.63, 3.8) is 0 Å². The van der Waals surface area contributed by atoms with Gasteiger partial charge in [-0.3, -0.25) is 4.79 Å². The quantitative estimate of drug-likeness (QED) is 0.421. The molecule has 24 heavy (non-hydrogen) atoms. The maximum atomic E-state index is 11.9. The Hall–Kier alpha value is -2.82. The Labute approximate surface area is 141 Å². The second kappa shape index (κ2) is 9.35. The number of esters is 2. The summed E-state index contributed by atoms with van der Waals surface area (Å²) in [6.45, 7) is 2.34. The molecule has 0 aromatic heterocycles. The monoisotopic (exact) mass is 328 g/mol. The van der Waals surface area contributed by atoms with Crippen molar-refractivity contribution in [3.05, 3.63) is 60.2 Å². The smallest absolute Gasteiger partial charge is 0.338 e. The minimum atomic E-state index is -0.446. The molecule has 0 saturated carbocycles. The molecule has 0 saturated heterocycles. The van der Waals surface area contributed by atoms with Crippen LogP contribution in [0.5, 0.6) is 11.5 Å². The van der Waals surface area contributed by atoms with Crippen molar-refractivity contribution < 1.29 is 23.8 Å². The molecule has 0 spiro atoms. The average Bonchev–Trinajstić information content (AvgIpc) is 2.60. The van der Waals surface area contributed by atoms with E-state index in [1.807, 2.05) is 37.3 Å². The molecule has 2 aromatic carbocycles. The van der Waals surface area contributed by atoms with Gasteiger partial charge in [0, 0.05) is 6.42 Å². The van der Waals surface area contributed by atoms with Gasteiger partial charge in [-0.05, 0) is 42.8 Å². The van der Waals surface area contributed by atoms with E-state index < -0.39 is 5.97 Å². The Morgan fingerprint density at radius 2 is 1.58 bits per heavy atom. The summed E-state index contributed by atoms with van der Waals surface area (Å²) in [4.78, 5) is 23.3. The van der Waals surface area contributed by atoms with E-state index in [1.165, 1.54) is 0 Å². The number of rotatable bonds is 8. The van der Waals surface area contributed by atoms with Gasteiger partial charge in [-0.15, -0.1) is 0 Å². The highest BCUT2D eigenvalue weighted by molar-refractivity contribution is 5.89. The van der Waals surface area contributed by atoms with Crippen molar-refractivity contribution in [1.29, 1.82) is 0 Å². The van der Waals surface area contributed by atoms with E-state index in [2.05, 4.69) is 0 Å². The highest BCUT2D eigenvalue weighted by Crippen LogP contribution is 2.14. The van der Waals surface area contributed by atoms with Gasteiger partial charge in [-0.2, -0.15) is 0 Å². The fraction of sp³-hybridized carbons (Fsp3) is 0.263. The lowest BCUT2D eigenvalue weighted by atomic mass is 10.2. The van der Waals surface area contributed by atoms with Gasteiger partial charge in [-0.25, -0.2) is 4.79 Å². The Morgan fingerprint density at radius 1 is 0.875 bits per heavy atom. The molecule has 0 N–H and O–H groups in total. The summed E-state index contributed by atoms with van der Waals surface area (Å²) < 4.78 is 15.7. The molecule has 0 fully saturated rings. The normalized spacial score (nSPS) is 10.0. The lowest BCUT2D eigenvalue weighted by molar-refractivity contribution is -0.134. The zero-order valence-corrected chi connectivity index (χ0v) is 13.6. The van der Waals surface area contributed by atoms with Crippen molar-refractivity contribution in [1.82, 2.24) is 0 Å². The summed E-state index contributed by atoms with van der Waals surface area (Å²) in [6, 6.07) is 15.6. The molecule has 0 amide bonds. The predicted molar refractivity (Wildman–Crippen MR) is 89.2 cm³/mol. The van der Waals surface area contributed by atoms with Gasteiger partial charge in [0.15, 0.2) is 0 Å². The summed E-state index contributed by atoms with van der Waals surface area (Å²) in [6.07, 6.45) is 1.10. The van der Waals surface area contributed by atoms with Gasteiger partial charge in [0.25, 0.3) is 0 Å². The molecular formula is C19H20O5. The van der Waals surface area contributed by atoms with Crippen molar-refractivity contribution in [2.75, 3.05) is 13.2 Å². The first-order valence-corrected chi connectivity index (χ1v) is 7.84. The number of para-hydroxylation sites is 1. The summed E-state index contributed by atoms with van der Waals surface area (Å²) in [5, 5.41) is 0. The van der Waals surface area contributed by atoms with Crippen LogP contribution in [0.25, 0.3) is 0 Å². The molecule has 0 unspecified atom stereocenters. The van der Waals surface area contributed by atoms with Crippen LogP contribution in [0.4, 0.5) is 0 Å². The van der Waals surface area contributed by atoms with Gasteiger partial charge in [0.05, 0.1) is 5.56 Å².